The molecule has 0 aliphatic carbocycles. The quantitative estimate of drug-likeness (QED) is 0.174. The summed E-state index contributed by atoms with van der Waals surface area (Å²) < 4.78 is 2.34. The normalized spacial score (nSPS) is 11.5. The van der Waals surface area contributed by atoms with Crippen molar-refractivity contribution in [1.82, 2.24) is 19.5 Å². The van der Waals surface area contributed by atoms with Gasteiger partial charge in [0.1, 0.15) is 0 Å². The van der Waals surface area contributed by atoms with Gasteiger partial charge in [0, 0.05) is 44.9 Å². The molecule has 0 aliphatic heterocycles. The Kier molecular flexibility index (Phi) is 6.78. The molecule has 0 atom stereocenters. The average Bonchev–Trinajstić information content (AvgIpc) is 3.55. The lowest BCUT2D eigenvalue weighted by atomic mass is 9.95. The fourth-order valence-electron chi connectivity index (χ4n) is 7.43. The molecule has 10 rings (SSSR count). The van der Waals surface area contributed by atoms with E-state index in [9.17, 15) is 0 Å². The smallest absolute Gasteiger partial charge is 0.160 e. The minimum atomic E-state index is 0.679. The number of nitrogens with zero attached hydrogens (tertiary/aromatic N) is 4. The standard InChI is InChI=1S/C47H30N4/c1-2-12-36-34(11-1)29-41(38-14-4-3-13-37(36)38)44-30-43(49-47(50-44)33-22-20-31(21-23-33)42-17-9-10-28-48-42)32-24-26-35(27-25-32)51-45-18-7-5-15-39(45)40-16-6-8-19-46(40)51/h1-30H. The molecule has 3 heterocycles. The molecule has 0 unspecified atom stereocenters. The highest BCUT2D eigenvalue weighted by Gasteiger charge is 2.16. The number of fused-ring (bicyclic) bond motifs is 6. The molecule has 10 aromatic rings. The summed E-state index contributed by atoms with van der Waals surface area (Å²) in [7, 11) is 0. The van der Waals surface area contributed by atoms with Crippen LogP contribution in [0.5, 0.6) is 0 Å². The van der Waals surface area contributed by atoms with Gasteiger partial charge in [-0.2, -0.15) is 0 Å². The van der Waals surface area contributed by atoms with E-state index in [1.807, 2.05) is 24.4 Å². The molecule has 0 bridgehead atoms. The van der Waals surface area contributed by atoms with Crippen molar-refractivity contribution in [3.63, 3.8) is 0 Å². The van der Waals surface area contributed by atoms with E-state index in [0.29, 0.717) is 5.82 Å². The number of para-hydroxylation sites is 2. The molecule has 0 amide bonds. The van der Waals surface area contributed by atoms with Crippen LogP contribution in [0.2, 0.25) is 0 Å². The van der Waals surface area contributed by atoms with Crippen LogP contribution in [-0.4, -0.2) is 19.5 Å². The van der Waals surface area contributed by atoms with Crippen LogP contribution < -0.4 is 0 Å². The van der Waals surface area contributed by atoms with E-state index in [4.69, 9.17) is 9.97 Å². The minimum absolute atomic E-state index is 0.679. The maximum Gasteiger partial charge on any atom is 0.160 e. The molecule has 0 N–H and O–H groups in total. The van der Waals surface area contributed by atoms with Crippen LogP contribution >= 0.6 is 0 Å². The number of hydrogen-bond donors (Lipinski definition) is 0. The lowest BCUT2D eigenvalue weighted by Crippen LogP contribution is -1.98. The van der Waals surface area contributed by atoms with Crippen molar-refractivity contribution in [3.8, 4) is 50.8 Å². The fraction of sp³-hybridized carbons (Fsp3) is 0. The van der Waals surface area contributed by atoms with Crippen LogP contribution in [0, 0.1) is 0 Å². The lowest BCUT2D eigenvalue weighted by Gasteiger charge is -2.14. The predicted octanol–water partition coefficient (Wildman–Crippen LogP) is 11.9. The van der Waals surface area contributed by atoms with Crippen molar-refractivity contribution in [2.24, 2.45) is 0 Å². The number of hydrogen-bond acceptors (Lipinski definition) is 3. The van der Waals surface area contributed by atoms with Crippen LogP contribution in [-0.2, 0) is 0 Å². The van der Waals surface area contributed by atoms with Crippen LogP contribution in [0.3, 0.4) is 0 Å². The van der Waals surface area contributed by atoms with Gasteiger partial charge in [0.05, 0.1) is 28.1 Å². The van der Waals surface area contributed by atoms with Crippen molar-refractivity contribution in [3.05, 3.63) is 182 Å². The number of benzene rings is 7. The maximum atomic E-state index is 5.25. The van der Waals surface area contributed by atoms with Crippen molar-refractivity contribution < 1.29 is 0 Å². The SMILES string of the molecule is c1ccc(-c2ccc(-c3nc(-c4ccc(-n5c6ccccc6c6ccccc65)cc4)cc(-c4cc5ccccc5c5ccccc45)n3)cc2)nc1. The Balaban J connectivity index is 1.14. The first-order chi connectivity index (χ1) is 25.3. The van der Waals surface area contributed by atoms with Gasteiger partial charge in [-0.3, -0.25) is 4.98 Å². The molecule has 3 aromatic heterocycles. The van der Waals surface area contributed by atoms with Crippen molar-refractivity contribution in [1.29, 1.82) is 0 Å². The summed E-state index contributed by atoms with van der Waals surface area (Å²) in [4.78, 5) is 15.0. The van der Waals surface area contributed by atoms with Crippen molar-refractivity contribution in [2.45, 2.75) is 0 Å². The highest BCUT2D eigenvalue weighted by Crippen LogP contribution is 2.37. The third-order valence-electron chi connectivity index (χ3n) is 9.88. The van der Waals surface area contributed by atoms with Crippen LogP contribution in [0.4, 0.5) is 0 Å². The maximum absolute atomic E-state index is 5.25. The Labute approximate surface area is 295 Å². The fourth-order valence-corrected chi connectivity index (χ4v) is 7.43. The molecule has 238 valence electrons. The van der Waals surface area contributed by atoms with Gasteiger partial charge in [0.2, 0.25) is 0 Å². The first-order valence-electron chi connectivity index (χ1n) is 17.2. The van der Waals surface area contributed by atoms with Gasteiger partial charge in [0.25, 0.3) is 0 Å². The summed E-state index contributed by atoms with van der Waals surface area (Å²) in [6, 6.07) is 61.9. The van der Waals surface area contributed by atoms with Gasteiger partial charge >= 0.3 is 0 Å². The monoisotopic (exact) mass is 650 g/mol. The molecular formula is C47H30N4. The van der Waals surface area contributed by atoms with Crippen LogP contribution in [0.15, 0.2) is 182 Å². The zero-order valence-corrected chi connectivity index (χ0v) is 27.6. The van der Waals surface area contributed by atoms with E-state index >= 15 is 0 Å². The molecule has 51 heavy (non-hydrogen) atoms. The second-order valence-electron chi connectivity index (χ2n) is 12.9. The molecule has 4 heteroatoms. The van der Waals surface area contributed by atoms with Gasteiger partial charge in [-0.05, 0) is 70.1 Å². The largest absolute Gasteiger partial charge is 0.309 e. The first-order valence-corrected chi connectivity index (χ1v) is 17.2. The molecule has 0 aliphatic rings. The van der Waals surface area contributed by atoms with Gasteiger partial charge in [-0.1, -0.05) is 127 Å². The molecule has 0 saturated heterocycles. The molecule has 0 saturated carbocycles. The van der Waals surface area contributed by atoms with Crippen molar-refractivity contribution in [2.75, 3.05) is 0 Å². The van der Waals surface area contributed by atoms with E-state index in [0.717, 1.165) is 45.0 Å². The van der Waals surface area contributed by atoms with E-state index in [1.165, 1.54) is 43.4 Å². The number of pyridine rings is 1. The summed E-state index contributed by atoms with van der Waals surface area (Å²) in [6.07, 6.45) is 1.82. The molecule has 0 spiro atoms. The Bertz CT molecular complexity index is 2840. The van der Waals surface area contributed by atoms with E-state index in [1.54, 1.807) is 0 Å². The second-order valence-corrected chi connectivity index (χ2v) is 12.9. The van der Waals surface area contributed by atoms with Gasteiger partial charge in [0.15, 0.2) is 5.82 Å². The zero-order valence-electron chi connectivity index (χ0n) is 27.6. The Hall–Kier alpha value is -6.91. The third-order valence-corrected chi connectivity index (χ3v) is 9.88. The van der Waals surface area contributed by atoms with Gasteiger partial charge in [-0.15, -0.1) is 0 Å². The summed E-state index contributed by atoms with van der Waals surface area (Å²) in [6.45, 7) is 0. The highest BCUT2D eigenvalue weighted by atomic mass is 15.0. The van der Waals surface area contributed by atoms with Gasteiger partial charge < -0.3 is 4.57 Å². The van der Waals surface area contributed by atoms with Crippen LogP contribution in [0.25, 0.3) is 94.2 Å². The molecule has 4 nitrogen and oxygen atoms in total. The second kappa shape index (κ2) is 11.9. The van der Waals surface area contributed by atoms with Crippen LogP contribution in [0.1, 0.15) is 0 Å². The molecule has 7 aromatic carbocycles. The molecular weight excluding hydrogens is 621 g/mol. The summed E-state index contributed by atoms with van der Waals surface area (Å²) in [5.74, 6) is 0.679. The summed E-state index contributed by atoms with van der Waals surface area (Å²) >= 11 is 0. The predicted molar refractivity (Wildman–Crippen MR) is 211 cm³/mol. The lowest BCUT2D eigenvalue weighted by molar-refractivity contribution is 1.17. The number of rotatable bonds is 5. The number of aromatic nitrogens is 4. The summed E-state index contributed by atoms with van der Waals surface area (Å²) in [5, 5.41) is 7.29. The van der Waals surface area contributed by atoms with Gasteiger partial charge in [-0.25, -0.2) is 9.97 Å². The zero-order chi connectivity index (χ0) is 33.7. The topological polar surface area (TPSA) is 43.6 Å². The Morgan fingerprint density at radius 2 is 0.922 bits per heavy atom. The Morgan fingerprint density at radius 1 is 0.373 bits per heavy atom. The third kappa shape index (κ3) is 4.96. The first kappa shape index (κ1) is 29.0. The average molecular weight is 651 g/mol. The highest BCUT2D eigenvalue weighted by molar-refractivity contribution is 6.13. The molecule has 0 fully saturated rings. The van der Waals surface area contributed by atoms with E-state index < -0.39 is 0 Å². The van der Waals surface area contributed by atoms with E-state index in [-0.39, 0.29) is 0 Å². The Morgan fingerprint density at radius 3 is 1.63 bits per heavy atom. The minimum Gasteiger partial charge on any atom is -0.309 e. The van der Waals surface area contributed by atoms with Crippen molar-refractivity contribution >= 4 is 43.4 Å². The molecule has 0 radical (unpaired) electrons. The van der Waals surface area contributed by atoms with E-state index in [2.05, 4.69) is 167 Å². The summed E-state index contributed by atoms with van der Waals surface area (Å²) in [5.41, 5.74) is 10.3.